The number of ether oxygens (including phenoxy) is 2. The van der Waals surface area contributed by atoms with Gasteiger partial charge in [-0.25, -0.2) is 0 Å². The number of methoxy groups -OCH3 is 2. The minimum Gasteiger partial charge on any atom is -0.508 e. The van der Waals surface area contributed by atoms with Gasteiger partial charge in [-0.2, -0.15) is 0 Å². The highest BCUT2D eigenvalue weighted by Crippen LogP contribution is 2.47. The predicted octanol–water partition coefficient (Wildman–Crippen LogP) is 4.55. The normalized spacial score (nSPS) is 17.8. The number of hydrogen-bond donors (Lipinski definition) is 2. The van der Waals surface area contributed by atoms with E-state index in [1.165, 1.54) is 37.3 Å². The van der Waals surface area contributed by atoms with E-state index in [2.05, 4.69) is 0 Å². The highest BCUT2D eigenvalue weighted by atomic mass is 35.5. The van der Waals surface area contributed by atoms with Crippen molar-refractivity contribution in [1.82, 2.24) is 4.90 Å². The van der Waals surface area contributed by atoms with E-state index >= 15 is 0 Å². The zero-order valence-electron chi connectivity index (χ0n) is 17.1. The zero-order chi connectivity index (χ0) is 22.9. The van der Waals surface area contributed by atoms with Crippen molar-refractivity contribution in [1.29, 1.82) is 0 Å². The van der Waals surface area contributed by atoms with Gasteiger partial charge in [0.2, 0.25) is 0 Å². The lowest BCUT2D eigenvalue weighted by atomic mass is 9.94. The van der Waals surface area contributed by atoms with E-state index < -0.39 is 23.5 Å². The van der Waals surface area contributed by atoms with Gasteiger partial charge < -0.3 is 24.6 Å². The van der Waals surface area contributed by atoms with Crippen molar-refractivity contribution in [3.8, 4) is 17.2 Å². The first-order chi connectivity index (χ1) is 14.8. The van der Waals surface area contributed by atoms with E-state index in [0.29, 0.717) is 18.5 Å². The number of likely N-dealkylation sites (tertiary alicyclic amines) is 1. The maximum Gasteiger partial charge on any atom is 0.295 e. The van der Waals surface area contributed by atoms with Gasteiger partial charge >= 0.3 is 0 Å². The summed E-state index contributed by atoms with van der Waals surface area (Å²) in [5.74, 6) is -1.81. The van der Waals surface area contributed by atoms with Crippen molar-refractivity contribution in [2.75, 3.05) is 20.8 Å². The number of aliphatic hydroxyl groups is 1. The van der Waals surface area contributed by atoms with Gasteiger partial charge in [0, 0.05) is 6.54 Å². The Bertz CT molecular complexity index is 1060. The number of halogens is 2. The van der Waals surface area contributed by atoms with E-state index in [1.807, 2.05) is 6.92 Å². The second kappa shape index (κ2) is 9.08. The van der Waals surface area contributed by atoms with Crippen LogP contribution in [0.4, 0.5) is 0 Å². The number of nitrogens with zero attached hydrogens (tertiary/aromatic N) is 1. The Hall–Kier alpha value is -2.90. The lowest BCUT2D eigenvalue weighted by molar-refractivity contribution is -0.139. The van der Waals surface area contributed by atoms with E-state index in [9.17, 15) is 19.8 Å². The molecule has 0 saturated carbocycles. The fraction of sp³-hybridized carbons (Fsp3) is 0.273. The quantitative estimate of drug-likeness (QED) is 0.369. The Morgan fingerprint density at radius 3 is 2.26 bits per heavy atom. The Morgan fingerprint density at radius 2 is 1.71 bits per heavy atom. The second-order valence-corrected chi connectivity index (χ2v) is 7.66. The number of amides is 1. The average Bonchev–Trinajstić information content (AvgIpc) is 2.99. The first-order valence-corrected chi connectivity index (χ1v) is 10.2. The Morgan fingerprint density at radius 1 is 1.10 bits per heavy atom. The highest BCUT2D eigenvalue weighted by molar-refractivity contribution is 6.47. The molecule has 0 aliphatic carbocycles. The summed E-state index contributed by atoms with van der Waals surface area (Å²) in [6.45, 7) is 2.17. The molecular weight excluding hydrogens is 445 g/mol. The van der Waals surface area contributed by atoms with Gasteiger partial charge in [0.1, 0.15) is 16.5 Å². The van der Waals surface area contributed by atoms with Crippen LogP contribution in [0.5, 0.6) is 17.2 Å². The Labute approximate surface area is 189 Å². The van der Waals surface area contributed by atoms with Crippen LogP contribution in [-0.4, -0.2) is 47.6 Å². The van der Waals surface area contributed by atoms with Crippen LogP contribution in [0.2, 0.25) is 10.0 Å². The summed E-state index contributed by atoms with van der Waals surface area (Å²) in [5, 5.41) is 20.9. The number of aliphatic hydroxyl groups excluding tert-OH is 1. The van der Waals surface area contributed by atoms with Gasteiger partial charge in [-0.15, -0.1) is 0 Å². The molecule has 31 heavy (non-hydrogen) atoms. The molecule has 3 rings (SSSR count). The standard InChI is InChI=1S/C22H21Cl2NO6/c1-4-9-25-17(11-5-7-12(26)8-6-11)15(19(28)22(25)29)18(27)13-10-14(23)21(31-3)16(24)20(13)30-2/h5-8,10,17,26-27H,4,9H2,1-3H3/b18-15+. The van der Waals surface area contributed by atoms with Crippen LogP contribution in [0.15, 0.2) is 35.9 Å². The molecule has 1 heterocycles. The maximum absolute atomic E-state index is 13.0. The highest BCUT2D eigenvalue weighted by Gasteiger charge is 2.46. The number of aromatic hydroxyl groups is 1. The lowest BCUT2D eigenvalue weighted by Crippen LogP contribution is -2.30. The molecule has 1 aliphatic heterocycles. The number of benzene rings is 2. The summed E-state index contributed by atoms with van der Waals surface area (Å²) in [6.07, 6.45) is 0.602. The molecular formula is C22H21Cl2NO6. The van der Waals surface area contributed by atoms with E-state index in [4.69, 9.17) is 32.7 Å². The maximum atomic E-state index is 13.0. The molecule has 9 heteroatoms. The van der Waals surface area contributed by atoms with Crippen LogP contribution < -0.4 is 9.47 Å². The number of rotatable bonds is 6. The molecule has 1 atom stereocenters. The van der Waals surface area contributed by atoms with Crippen molar-refractivity contribution >= 4 is 40.7 Å². The average molecular weight is 466 g/mol. The summed E-state index contributed by atoms with van der Waals surface area (Å²) in [6, 6.07) is 6.58. The summed E-state index contributed by atoms with van der Waals surface area (Å²) in [5.41, 5.74) is 0.480. The Balaban J connectivity index is 2.30. The molecule has 1 unspecified atom stereocenters. The van der Waals surface area contributed by atoms with Crippen LogP contribution in [0.3, 0.4) is 0 Å². The smallest absolute Gasteiger partial charge is 0.295 e. The third-order valence-electron chi connectivity index (χ3n) is 5.01. The van der Waals surface area contributed by atoms with Crippen LogP contribution in [0.25, 0.3) is 5.76 Å². The van der Waals surface area contributed by atoms with Gasteiger partial charge in [0.05, 0.1) is 36.4 Å². The molecule has 0 bridgehead atoms. The van der Waals surface area contributed by atoms with Crippen LogP contribution >= 0.6 is 23.2 Å². The van der Waals surface area contributed by atoms with Crippen molar-refractivity contribution in [3.63, 3.8) is 0 Å². The molecule has 7 nitrogen and oxygen atoms in total. The molecule has 2 aromatic rings. The Kier molecular flexibility index (Phi) is 6.67. The summed E-state index contributed by atoms with van der Waals surface area (Å²) >= 11 is 12.6. The molecule has 1 aliphatic rings. The molecule has 2 aromatic carbocycles. The number of ketones is 1. The van der Waals surface area contributed by atoms with Crippen molar-refractivity contribution in [2.24, 2.45) is 0 Å². The van der Waals surface area contributed by atoms with Gasteiger partial charge in [-0.3, -0.25) is 9.59 Å². The van der Waals surface area contributed by atoms with E-state index in [-0.39, 0.29) is 38.4 Å². The molecule has 2 N–H and O–H groups in total. The van der Waals surface area contributed by atoms with Gasteiger partial charge in [0.25, 0.3) is 11.7 Å². The number of Topliss-reactive ketones (excluding diaryl/α,β-unsaturated/α-hetero) is 1. The van der Waals surface area contributed by atoms with Crippen molar-refractivity contribution < 1.29 is 29.3 Å². The topological polar surface area (TPSA) is 96.3 Å². The predicted molar refractivity (Wildman–Crippen MR) is 117 cm³/mol. The molecule has 1 saturated heterocycles. The number of carbonyl (C=O) groups excluding carboxylic acids is 2. The number of phenols is 1. The fourth-order valence-electron chi connectivity index (χ4n) is 3.65. The zero-order valence-corrected chi connectivity index (χ0v) is 18.6. The lowest BCUT2D eigenvalue weighted by Gasteiger charge is -2.25. The molecule has 0 radical (unpaired) electrons. The number of hydrogen-bond acceptors (Lipinski definition) is 6. The van der Waals surface area contributed by atoms with Crippen LogP contribution in [-0.2, 0) is 9.59 Å². The largest absolute Gasteiger partial charge is 0.508 e. The minimum absolute atomic E-state index is 0.0167. The first kappa shape index (κ1) is 22.8. The number of phenolic OH excluding ortho intramolecular Hbond substituents is 1. The van der Waals surface area contributed by atoms with Crippen molar-refractivity contribution in [3.05, 3.63) is 57.1 Å². The summed E-state index contributed by atoms with van der Waals surface area (Å²) in [4.78, 5) is 27.1. The summed E-state index contributed by atoms with van der Waals surface area (Å²) in [7, 11) is 2.73. The van der Waals surface area contributed by atoms with Gasteiger partial charge in [-0.05, 0) is 30.2 Å². The fourth-order valence-corrected chi connectivity index (χ4v) is 4.33. The molecule has 1 fully saturated rings. The molecule has 1 amide bonds. The van der Waals surface area contributed by atoms with Gasteiger partial charge in [0.15, 0.2) is 11.5 Å². The second-order valence-electron chi connectivity index (χ2n) is 6.87. The third kappa shape index (κ3) is 3.91. The molecule has 0 spiro atoms. The summed E-state index contributed by atoms with van der Waals surface area (Å²) < 4.78 is 10.5. The SMILES string of the molecule is CCCN1C(=O)C(=O)/C(=C(/O)c2cc(Cl)c(OC)c(Cl)c2OC)C1c1ccc(O)cc1. The van der Waals surface area contributed by atoms with Crippen LogP contribution in [0.1, 0.15) is 30.5 Å². The monoisotopic (exact) mass is 465 g/mol. The third-order valence-corrected chi connectivity index (χ3v) is 5.63. The first-order valence-electron chi connectivity index (χ1n) is 9.44. The van der Waals surface area contributed by atoms with Crippen LogP contribution in [0, 0.1) is 0 Å². The molecule has 164 valence electrons. The van der Waals surface area contributed by atoms with Crippen molar-refractivity contribution in [2.45, 2.75) is 19.4 Å². The van der Waals surface area contributed by atoms with E-state index in [0.717, 1.165) is 0 Å². The van der Waals surface area contributed by atoms with Gasteiger partial charge in [-0.1, -0.05) is 42.3 Å². The molecule has 0 aromatic heterocycles. The number of carbonyl (C=O) groups is 2. The minimum atomic E-state index is -0.857. The van der Waals surface area contributed by atoms with E-state index in [1.54, 1.807) is 12.1 Å².